The summed E-state index contributed by atoms with van der Waals surface area (Å²) in [6, 6.07) is 19.4. The minimum absolute atomic E-state index is 0.0168. The second-order valence-corrected chi connectivity index (χ2v) is 8.06. The molecule has 4 heterocycles. The lowest BCUT2D eigenvalue weighted by Gasteiger charge is -2.10. The average molecular weight is 455 g/mol. The number of hydrogen-bond acceptors (Lipinski definition) is 5. The molecule has 0 fully saturated rings. The zero-order chi connectivity index (χ0) is 23.7. The molecule has 4 aromatic heterocycles. The molecule has 1 N–H and O–H groups in total. The van der Waals surface area contributed by atoms with Crippen LogP contribution in [0.1, 0.15) is 30.8 Å². The number of Topliss-reactive ketones (excluding diaryl/α,β-unsaturated/α-hetero) is 1. The fourth-order valence-electron chi connectivity index (χ4n) is 4.06. The first-order valence-electron chi connectivity index (χ1n) is 11.3. The summed E-state index contributed by atoms with van der Waals surface area (Å²) in [6.07, 6.45) is 4.77. The number of ketones is 1. The Balaban J connectivity index is 1.71. The van der Waals surface area contributed by atoms with Gasteiger partial charge in [-0.2, -0.15) is 0 Å². The van der Waals surface area contributed by atoms with E-state index < -0.39 is 0 Å². The predicted molar refractivity (Wildman–Crippen MR) is 134 cm³/mol. The molecule has 5 rings (SSSR count). The first kappa shape index (κ1) is 21.6. The van der Waals surface area contributed by atoms with Gasteiger partial charge < -0.3 is 19.2 Å². The highest BCUT2D eigenvalue weighted by Gasteiger charge is 2.21. The van der Waals surface area contributed by atoms with Crippen molar-refractivity contribution in [3.63, 3.8) is 0 Å². The van der Waals surface area contributed by atoms with Crippen molar-refractivity contribution in [2.75, 3.05) is 19.0 Å². The van der Waals surface area contributed by atoms with Gasteiger partial charge in [0.1, 0.15) is 28.7 Å². The van der Waals surface area contributed by atoms with Crippen LogP contribution < -0.4 is 14.8 Å². The van der Waals surface area contributed by atoms with E-state index in [2.05, 4.69) is 12.2 Å². The summed E-state index contributed by atoms with van der Waals surface area (Å²) in [5.41, 5.74) is 4.76. The molecule has 7 heteroatoms. The molecule has 172 valence electrons. The molecule has 0 saturated carbocycles. The molecule has 0 aliphatic heterocycles. The lowest BCUT2D eigenvalue weighted by Crippen LogP contribution is -1.99. The minimum Gasteiger partial charge on any atom is -0.497 e. The summed E-state index contributed by atoms with van der Waals surface area (Å²) in [6.45, 7) is 4.28. The Morgan fingerprint density at radius 3 is 2.56 bits per heavy atom. The highest BCUT2D eigenvalue weighted by atomic mass is 16.5. The van der Waals surface area contributed by atoms with Crippen molar-refractivity contribution in [3.05, 3.63) is 78.8 Å². The molecule has 5 aromatic rings. The third-order valence-corrected chi connectivity index (χ3v) is 5.71. The topological polar surface area (TPSA) is 69.3 Å². The van der Waals surface area contributed by atoms with Crippen LogP contribution in [0.3, 0.4) is 0 Å². The first-order valence-corrected chi connectivity index (χ1v) is 11.3. The first-order chi connectivity index (χ1) is 16.6. The Bertz CT molecular complexity index is 1480. The third kappa shape index (κ3) is 3.85. The number of rotatable bonds is 8. The molecular weight excluding hydrogens is 428 g/mol. The van der Waals surface area contributed by atoms with E-state index in [0.717, 1.165) is 51.8 Å². The molecule has 34 heavy (non-hydrogen) atoms. The number of methoxy groups -OCH3 is 1. The third-order valence-electron chi connectivity index (χ3n) is 5.71. The number of hydrogen-bond donors (Lipinski definition) is 1. The van der Waals surface area contributed by atoms with Crippen LogP contribution in [0.2, 0.25) is 0 Å². The van der Waals surface area contributed by atoms with Gasteiger partial charge in [-0.15, -0.1) is 0 Å². The summed E-state index contributed by atoms with van der Waals surface area (Å²) < 4.78 is 15.1. The minimum atomic E-state index is -0.0168. The molecule has 1 aromatic carbocycles. The number of carbonyl (C=O) groups is 1. The Morgan fingerprint density at radius 2 is 1.82 bits per heavy atom. The van der Waals surface area contributed by atoms with Crippen molar-refractivity contribution in [3.8, 4) is 22.8 Å². The van der Waals surface area contributed by atoms with Crippen LogP contribution in [0.15, 0.2) is 73.1 Å². The average Bonchev–Trinajstić information content (AvgIpc) is 3.41. The van der Waals surface area contributed by atoms with E-state index in [1.165, 1.54) is 0 Å². The SMILES string of the molecule is CCCOc1ccn2c(C(C)=O)cc(-c3nc4ccccn4c3Nc3ccc(OC)cc3)c2c1. The van der Waals surface area contributed by atoms with Gasteiger partial charge in [-0.25, -0.2) is 4.98 Å². The van der Waals surface area contributed by atoms with E-state index in [1.807, 2.05) is 81.9 Å². The van der Waals surface area contributed by atoms with E-state index in [9.17, 15) is 4.79 Å². The molecule has 7 nitrogen and oxygen atoms in total. The van der Waals surface area contributed by atoms with Gasteiger partial charge in [0, 0.05) is 36.6 Å². The normalized spacial score (nSPS) is 11.1. The molecule has 0 atom stereocenters. The van der Waals surface area contributed by atoms with Crippen LogP contribution in [0.5, 0.6) is 11.5 Å². The second kappa shape index (κ2) is 8.94. The van der Waals surface area contributed by atoms with Gasteiger partial charge in [-0.3, -0.25) is 9.20 Å². The van der Waals surface area contributed by atoms with Gasteiger partial charge in [0.05, 0.1) is 24.9 Å². The highest BCUT2D eigenvalue weighted by molar-refractivity contribution is 5.99. The zero-order valence-electron chi connectivity index (χ0n) is 19.4. The van der Waals surface area contributed by atoms with Crippen LogP contribution in [-0.2, 0) is 0 Å². The Labute approximate surface area is 197 Å². The lowest BCUT2D eigenvalue weighted by atomic mass is 10.1. The molecule has 0 unspecified atom stereocenters. The maximum absolute atomic E-state index is 12.5. The number of benzene rings is 1. The standard InChI is InChI=1S/C27H26N4O3/c1-4-15-34-21-12-14-30-23(18(2)32)17-22(24(30)16-21)26-27(31-13-6-5-7-25(31)29-26)28-19-8-10-20(33-3)11-9-19/h5-14,16-17,28H,4,15H2,1-3H3. The van der Waals surface area contributed by atoms with Crippen molar-refractivity contribution in [2.45, 2.75) is 20.3 Å². The van der Waals surface area contributed by atoms with Crippen molar-refractivity contribution < 1.29 is 14.3 Å². The van der Waals surface area contributed by atoms with E-state index in [1.54, 1.807) is 14.0 Å². The maximum Gasteiger partial charge on any atom is 0.176 e. The molecule has 0 spiro atoms. The van der Waals surface area contributed by atoms with Crippen molar-refractivity contribution >= 4 is 28.5 Å². The fourth-order valence-corrected chi connectivity index (χ4v) is 4.06. The quantitative estimate of drug-likeness (QED) is 0.291. The molecule has 0 bridgehead atoms. The maximum atomic E-state index is 12.5. The van der Waals surface area contributed by atoms with Crippen molar-refractivity contribution in [1.29, 1.82) is 0 Å². The van der Waals surface area contributed by atoms with Gasteiger partial charge >= 0.3 is 0 Å². The van der Waals surface area contributed by atoms with Crippen LogP contribution in [-0.4, -0.2) is 33.3 Å². The number of imidazole rings is 1. The summed E-state index contributed by atoms with van der Waals surface area (Å²) in [5, 5.41) is 3.52. The number of pyridine rings is 2. The van der Waals surface area contributed by atoms with Gasteiger partial charge in [0.2, 0.25) is 0 Å². The zero-order valence-corrected chi connectivity index (χ0v) is 19.4. The molecule has 0 radical (unpaired) electrons. The number of nitrogens with one attached hydrogen (secondary N) is 1. The highest BCUT2D eigenvalue weighted by Crippen LogP contribution is 2.37. The largest absolute Gasteiger partial charge is 0.497 e. The van der Waals surface area contributed by atoms with Gasteiger partial charge in [-0.05, 0) is 55.0 Å². The summed E-state index contributed by atoms with van der Waals surface area (Å²) >= 11 is 0. The molecule has 0 saturated heterocycles. The Morgan fingerprint density at radius 1 is 1.00 bits per heavy atom. The number of anilines is 2. The molecule has 0 aliphatic carbocycles. The summed E-state index contributed by atoms with van der Waals surface area (Å²) in [7, 11) is 1.65. The van der Waals surface area contributed by atoms with E-state index >= 15 is 0 Å². The number of aromatic nitrogens is 3. The van der Waals surface area contributed by atoms with Gasteiger partial charge in [0.15, 0.2) is 5.78 Å². The van der Waals surface area contributed by atoms with E-state index in [0.29, 0.717) is 12.3 Å². The van der Waals surface area contributed by atoms with E-state index in [-0.39, 0.29) is 5.78 Å². The molecule has 0 amide bonds. The number of carbonyl (C=O) groups excluding carboxylic acids is 1. The Hall–Kier alpha value is -4.26. The van der Waals surface area contributed by atoms with Crippen molar-refractivity contribution in [2.24, 2.45) is 0 Å². The number of nitrogens with zero attached hydrogens (tertiary/aromatic N) is 3. The fraction of sp³-hybridized carbons (Fsp3) is 0.185. The molecular formula is C27H26N4O3. The smallest absolute Gasteiger partial charge is 0.176 e. The van der Waals surface area contributed by atoms with Gasteiger partial charge in [0.25, 0.3) is 0 Å². The number of ether oxygens (including phenoxy) is 2. The second-order valence-electron chi connectivity index (χ2n) is 8.06. The monoisotopic (exact) mass is 454 g/mol. The van der Waals surface area contributed by atoms with Crippen LogP contribution in [0.4, 0.5) is 11.5 Å². The predicted octanol–water partition coefficient (Wildman–Crippen LogP) is 6.00. The summed E-state index contributed by atoms with van der Waals surface area (Å²) in [4.78, 5) is 17.4. The van der Waals surface area contributed by atoms with Crippen LogP contribution in [0, 0.1) is 0 Å². The molecule has 0 aliphatic rings. The van der Waals surface area contributed by atoms with Crippen molar-refractivity contribution in [1.82, 2.24) is 13.8 Å². The summed E-state index contributed by atoms with van der Waals surface area (Å²) in [5.74, 6) is 2.34. The van der Waals surface area contributed by atoms with Crippen LogP contribution >= 0.6 is 0 Å². The lowest BCUT2D eigenvalue weighted by molar-refractivity contribution is 0.101. The van der Waals surface area contributed by atoms with Crippen LogP contribution in [0.25, 0.3) is 22.4 Å². The van der Waals surface area contributed by atoms with Gasteiger partial charge in [-0.1, -0.05) is 13.0 Å². The van der Waals surface area contributed by atoms with E-state index in [4.69, 9.17) is 14.5 Å². The Kier molecular flexibility index (Phi) is 5.67. The number of fused-ring (bicyclic) bond motifs is 2.